The summed E-state index contributed by atoms with van der Waals surface area (Å²) in [5.74, 6) is -1.75. The van der Waals surface area contributed by atoms with Crippen molar-refractivity contribution in [3.8, 4) is 11.1 Å². The molecule has 0 bridgehead atoms. The van der Waals surface area contributed by atoms with E-state index in [4.69, 9.17) is 4.74 Å². The molecule has 3 aromatic carbocycles. The van der Waals surface area contributed by atoms with Crippen LogP contribution in [-0.4, -0.2) is 59.3 Å². The Morgan fingerprint density at radius 1 is 0.951 bits per heavy atom. The van der Waals surface area contributed by atoms with Gasteiger partial charge in [-0.25, -0.2) is 9.59 Å². The second kappa shape index (κ2) is 11.4. The summed E-state index contributed by atoms with van der Waals surface area (Å²) in [4.78, 5) is 41.1. The van der Waals surface area contributed by atoms with E-state index in [9.17, 15) is 19.5 Å². The number of likely N-dealkylation sites (tertiary alicyclic amines) is 1. The predicted octanol–water partition coefficient (Wildman–Crippen LogP) is 4.79. The SMILES string of the molecule is CC(C)(C)C(NC(=O)OCC1c2ccccc2-c2ccccc21)C(=O)NC1(C(=O)O)CCN(Cc2ccccc2)C1. The fourth-order valence-electron chi connectivity index (χ4n) is 5.94. The van der Waals surface area contributed by atoms with Crippen molar-refractivity contribution in [1.29, 1.82) is 0 Å². The van der Waals surface area contributed by atoms with E-state index in [-0.39, 0.29) is 25.5 Å². The highest BCUT2D eigenvalue weighted by atomic mass is 16.5. The van der Waals surface area contributed by atoms with E-state index < -0.39 is 35.0 Å². The third-order valence-electron chi connectivity index (χ3n) is 8.10. The number of nitrogens with one attached hydrogen (secondary N) is 2. The summed E-state index contributed by atoms with van der Waals surface area (Å²) in [6, 6.07) is 25.0. The largest absolute Gasteiger partial charge is 0.479 e. The van der Waals surface area contributed by atoms with Crippen molar-refractivity contribution in [3.63, 3.8) is 0 Å². The van der Waals surface area contributed by atoms with Gasteiger partial charge in [-0.05, 0) is 39.7 Å². The average molecular weight is 556 g/mol. The van der Waals surface area contributed by atoms with Crippen LogP contribution in [0.5, 0.6) is 0 Å². The zero-order valence-electron chi connectivity index (χ0n) is 23.7. The van der Waals surface area contributed by atoms with E-state index in [2.05, 4.69) is 22.8 Å². The van der Waals surface area contributed by atoms with Crippen molar-refractivity contribution >= 4 is 18.0 Å². The summed E-state index contributed by atoms with van der Waals surface area (Å²) >= 11 is 0. The molecule has 1 aliphatic heterocycles. The summed E-state index contributed by atoms with van der Waals surface area (Å²) in [6.45, 7) is 6.88. The Bertz CT molecular complexity index is 1390. The molecular weight excluding hydrogens is 518 g/mol. The van der Waals surface area contributed by atoms with E-state index in [1.165, 1.54) is 0 Å². The molecule has 3 aromatic rings. The standard InChI is InChI=1S/C33H37N3O5/c1-32(2,3)28(29(37)35-33(30(38)39)17-18-36(21-33)19-22-11-5-4-6-12-22)34-31(40)41-20-27-25-15-9-7-13-23(25)24-14-8-10-16-26(24)27/h4-16,27-28H,17-21H2,1-3H3,(H,34,40)(H,35,37)(H,38,39). The lowest BCUT2D eigenvalue weighted by Gasteiger charge is -2.34. The molecule has 0 saturated carbocycles. The van der Waals surface area contributed by atoms with Crippen LogP contribution in [0.2, 0.25) is 0 Å². The number of carbonyl (C=O) groups is 3. The molecular formula is C33H37N3O5. The number of hydrogen-bond acceptors (Lipinski definition) is 5. The Morgan fingerprint density at radius 3 is 2.12 bits per heavy atom. The van der Waals surface area contributed by atoms with Gasteiger partial charge in [0.2, 0.25) is 5.91 Å². The molecule has 2 aliphatic rings. The number of rotatable bonds is 8. The summed E-state index contributed by atoms with van der Waals surface area (Å²) in [6.07, 6.45) is -0.452. The lowest BCUT2D eigenvalue weighted by molar-refractivity contribution is -0.147. The smallest absolute Gasteiger partial charge is 0.407 e. The highest BCUT2D eigenvalue weighted by Gasteiger charge is 2.48. The van der Waals surface area contributed by atoms with Gasteiger partial charge >= 0.3 is 12.1 Å². The molecule has 2 unspecified atom stereocenters. The van der Waals surface area contributed by atoms with E-state index >= 15 is 0 Å². The number of carbonyl (C=O) groups excluding carboxylic acids is 2. The topological polar surface area (TPSA) is 108 Å². The number of carboxylic acids is 1. The number of alkyl carbamates (subject to hydrolysis) is 1. The highest BCUT2D eigenvalue weighted by Crippen LogP contribution is 2.44. The van der Waals surface area contributed by atoms with Gasteiger partial charge in [0.25, 0.3) is 0 Å². The number of fused-ring (bicyclic) bond motifs is 3. The maximum Gasteiger partial charge on any atom is 0.407 e. The minimum Gasteiger partial charge on any atom is -0.479 e. The Hall–Kier alpha value is -4.17. The molecule has 1 aliphatic carbocycles. The van der Waals surface area contributed by atoms with Crippen LogP contribution in [0.1, 0.15) is 49.8 Å². The van der Waals surface area contributed by atoms with Crippen molar-refractivity contribution < 1.29 is 24.2 Å². The van der Waals surface area contributed by atoms with Gasteiger partial charge in [-0.1, -0.05) is 99.6 Å². The zero-order chi connectivity index (χ0) is 29.2. The van der Waals surface area contributed by atoms with Gasteiger partial charge in [0.05, 0.1) is 0 Å². The quantitative estimate of drug-likeness (QED) is 0.369. The van der Waals surface area contributed by atoms with Crippen molar-refractivity contribution in [2.24, 2.45) is 5.41 Å². The Kier molecular flexibility index (Phi) is 7.87. The molecule has 5 rings (SSSR count). The first-order chi connectivity index (χ1) is 19.6. The van der Waals surface area contributed by atoms with Crippen LogP contribution in [0.15, 0.2) is 78.9 Å². The Balaban J connectivity index is 1.25. The minimum absolute atomic E-state index is 0.112. The summed E-state index contributed by atoms with van der Waals surface area (Å²) in [5, 5.41) is 15.7. The van der Waals surface area contributed by atoms with Crippen LogP contribution in [0, 0.1) is 5.41 Å². The molecule has 2 atom stereocenters. The molecule has 1 fully saturated rings. The molecule has 0 spiro atoms. The maximum absolute atomic E-state index is 13.6. The van der Waals surface area contributed by atoms with Crippen molar-refractivity contribution in [1.82, 2.24) is 15.5 Å². The third kappa shape index (κ3) is 5.98. The Labute approximate surface area is 240 Å². The summed E-state index contributed by atoms with van der Waals surface area (Å²) in [7, 11) is 0. The van der Waals surface area contributed by atoms with E-state index in [0.717, 1.165) is 27.8 Å². The third-order valence-corrected chi connectivity index (χ3v) is 8.10. The number of hydrogen-bond donors (Lipinski definition) is 3. The summed E-state index contributed by atoms with van der Waals surface area (Å²) in [5.41, 5.74) is 3.37. The van der Waals surface area contributed by atoms with Crippen LogP contribution in [0.4, 0.5) is 4.79 Å². The maximum atomic E-state index is 13.6. The molecule has 8 heteroatoms. The number of ether oxygens (including phenoxy) is 1. The van der Waals surface area contributed by atoms with Gasteiger partial charge < -0.3 is 20.5 Å². The number of amides is 2. The fraction of sp³-hybridized carbons (Fsp3) is 0.364. The van der Waals surface area contributed by atoms with Crippen LogP contribution in [0.25, 0.3) is 11.1 Å². The van der Waals surface area contributed by atoms with Gasteiger partial charge in [0.1, 0.15) is 12.6 Å². The second-order valence-corrected chi connectivity index (χ2v) is 12.1. The molecule has 41 heavy (non-hydrogen) atoms. The molecule has 3 N–H and O–H groups in total. The van der Waals surface area contributed by atoms with E-state index in [1.54, 1.807) is 0 Å². The van der Waals surface area contributed by atoms with Crippen LogP contribution < -0.4 is 10.6 Å². The second-order valence-electron chi connectivity index (χ2n) is 12.1. The van der Waals surface area contributed by atoms with Gasteiger partial charge in [-0.15, -0.1) is 0 Å². The average Bonchev–Trinajstić information content (AvgIpc) is 3.50. The van der Waals surface area contributed by atoms with Gasteiger partial charge in [0.15, 0.2) is 5.54 Å². The van der Waals surface area contributed by atoms with Crippen molar-refractivity contribution in [2.45, 2.75) is 51.2 Å². The number of nitrogens with zero attached hydrogens (tertiary/aromatic N) is 1. The number of carboxylic acid groups (broad SMARTS) is 1. The minimum atomic E-state index is -1.45. The normalized spacial score (nSPS) is 19.2. The fourth-order valence-corrected chi connectivity index (χ4v) is 5.94. The lowest BCUT2D eigenvalue weighted by atomic mass is 9.85. The predicted molar refractivity (Wildman–Crippen MR) is 156 cm³/mol. The van der Waals surface area contributed by atoms with Crippen LogP contribution in [-0.2, 0) is 20.9 Å². The van der Waals surface area contributed by atoms with Gasteiger partial charge in [-0.2, -0.15) is 0 Å². The molecule has 0 aromatic heterocycles. The van der Waals surface area contributed by atoms with Crippen LogP contribution in [0.3, 0.4) is 0 Å². The van der Waals surface area contributed by atoms with Gasteiger partial charge in [0, 0.05) is 25.6 Å². The highest BCUT2D eigenvalue weighted by molar-refractivity contribution is 5.92. The van der Waals surface area contributed by atoms with Crippen molar-refractivity contribution in [3.05, 3.63) is 95.6 Å². The monoisotopic (exact) mass is 555 g/mol. The van der Waals surface area contributed by atoms with Gasteiger partial charge in [-0.3, -0.25) is 9.69 Å². The molecule has 214 valence electrons. The summed E-state index contributed by atoms with van der Waals surface area (Å²) < 4.78 is 5.69. The Morgan fingerprint density at radius 2 is 1.54 bits per heavy atom. The molecule has 0 radical (unpaired) electrons. The van der Waals surface area contributed by atoms with Crippen LogP contribution >= 0.6 is 0 Å². The first-order valence-electron chi connectivity index (χ1n) is 14.0. The molecule has 1 heterocycles. The number of benzene rings is 3. The molecule has 8 nitrogen and oxygen atoms in total. The number of aliphatic carboxylic acids is 1. The lowest BCUT2D eigenvalue weighted by Crippen LogP contribution is -2.63. The van der Waals surface area contributed by atoms with E-state index in [0.29, 0.717) is 13.1 Å². The van der Waals surface area contributed by atoms with E-state index in [1.807, 2.05) is 92.4 Å². The first kappa shape index (κ1) is 28.4. The molecule has 1 saturated heterocycles. The van der Waals surface area contributed by atoms with Crippen molar-refractivity contribution in [2.75, 3.05) is 19.7 Å². The zero-order valence-corrected chi connectivity index (χ0v) is 23.7. The molecule has 2 amide bonds. The first-order valence-corrected chi connectivity index (χ1v) is 14.0.